The van der Waals surface area contributed by atoms with Crippen molar-refractivity contribution in [1.82, 2.24) is 4.57 Å². The molecule has 12 aromatic rings. The van der Waals surface area contributed by atoms with E-state index in [0.717, 1.165) is 50.3 Å². The van der Waals surface area contributed by atoms with Gasteiger partial charge in [0.2, 0.25) is 0 Å². The van der Waals surface area contributed by atoms with Gasteiger partial charge in [-0.1, -0.05) is 146 Å². The highest BCUT2D eigenvalue weighted by molar-refractivity contribution is 6.19. The molecular weight excluding hydrogens is 693 g/mol. The van der Waals surface area contributed by atoms with Crippen molar-refractivity contribution in [1.29, 1.82) is 0 Å². The van der Waals surface area contributed by atoms with Crippen LogP contribution in [0.25, 0.3) is 92.9 Å². The van der Waals surface area contributed by atoms with E-state index in [1.54, 1.807) is 0 Å². The lowest BCUT2D eigenvalue weighted by molar-refractivity contribution is 0.669. The van der Waals surface area contributed by atoms with Gasteiger partial charge < -0.3 is 13.9 Å². The molecule has 10 aromatic carbocycles. The van der Waals surface area contributed by atoms with Crippen LogP contribution in [0, 0.1) is 0 Å². The van der Waals surface area contributed by atoms with Gasteiger partial charge in [-0.05, 0) is 98.7 Å². The van der Waals surface area contributed by atoms with Crippen LogP contribution in [0.1, 0.15) is 0 Å². The van der Waals surface area contributed by atoms with E-state index in [4.69, 9.17) is 4.42 Å². The summed E-state index contributed by atoms with van der Waals surface area (Å²) in [6.07, 6.45) is 0. The molecule has 2 aromatic heterocycles. The topological polar surface area (TPSA) is 21.3 Å². The number of hydrogen-bond acceptors (Lipinski definition) is 2. The molecule has 57 heavy (non-hydrogen) atoms. The lowest BCUT2D eigenvalue weighted by Crippen LogP contribution is -2.10. The Morgan fingerprint density at radius 1 is 0.368 bits per heavy atom. The maximum absolute atomic E-state index is 6.40. The lowest BCUT2D eigenvalue weighted by Gasteiger charge is -2.27. The molecule has 0 spiro atoms. The average molecular weight is 727 g/mol. The second-order valence-electron chi connectivity index (χ2n) is 14.9. The van der Waals surface area contributed by atoms with Crippen LogP contribution in [0.4, 0.5) is 17.1 Å². The molecule has 0 aliphatic carbocycles. The van der Waals surface area contributed by atoms with Crippen molar-refractivity contribution < 1.29 is 4.42 Å². The fraction of sp³-hybridized carbons (Fsp3) is 0. The van der Waals surface area contributed by atoms with E-state index in [1.165, 1.54) is 59.7 Å². The van der Waals surface area contributed by atoms with Gasteiger partial charge in [-0.25, -0.2) is 0 Å². The summed E-state index contributed by atoms with van der Waals surface area (Å²) in [6.45, 7) is 0. The average Bonchev–Trinajstić information content (AvgIpc) is 3.83. The molecule has 0 atom stereocenters. The van der Waals surface area contributed by atoms with Crippen LogP contribution in [0.15, 0.2) is 211 Å². The van der Waals surface area contributed by atoms with Gasteiger partial charge in [0.15, 0.2) is 0 Å². The Labute approximate surface area is 328 Å². The molecule has 0 saturated carbocycles. The minimum Gasteiger partial charge on any atom is -0.456 e. The normalized spacial score (nSPS) is 11.9. The predicted molar refractivity (Wildman–Crippen MR) is 241 cm³/mol. The number of rotatable bonds is 5. The van der Waals surface area contributed by atoms with Gasteiger partial charge in [0, 0.05) is 38.6 Å². The molecule has 0 aliphatic rings. The van der Waals surface area contributed by atoms with Gasteiger partial charge >= 0.3 is 0 Å². The Balaban J connectivity index is 1.04. The molecule has 0 unspecified atom stereocenters. The summed E-state index contributed by atoms with van der Waals surface area (Å²) in [7, 11) is 0. The smallest absolute Gasteiger partial charge is 0.137 e. The number of hydrogen-bond donors (Lipinski definition) is 0. The third-order valence-electron chi connectivity index (χ3n) is 11.7. The van der Waals surface area contributed by atoms with Crippen LogP contribution < -0.4 is 4.90 Å². The Hall–Kier alpha value is -7.62. The zero-order valence-corrected chi connectivity index (χ0v) is 30.9. The minimum absolute atomic E-state index is 0.872. The SMILES string of the molecule is c1ccc(-n2c3cc(-c4ccc(N(c5ccc6c(ccc7ccccc76)c5)c5cccc6oc7ccccc7c56)cc4)ccc3c3ccc4ccccc4c32)cc1. The molecule has 0 bridgehead atoms. The van der Waals surface area contributed by atoms with Crippen molar-refractivity contribution in [2.45, 2.75) is 0 Å². The Kier molecular flexibility index (Phi) is 6.93. The van der Waals surface area contributed by atoms with Gasteiger partial charge in [-0.3, -0.25) is 0 Å². The van der Waals surface area contributed by atoms with E-state index in [1.807, 2.05) is 6.07 Å². The van der Waals surface area contributed by atoms with Crippen molar-refractivity contribution >= 4 is 93.1 Å². The highest BCUT2D eigenvalue weighted by atomic mass is 16.3. The quantitative estimate of drug-likeness (QED) is 0.165. The maximum atomic E-state index is 6.40. The summed E-state index contributed by atoms with van der Waals surface area (Å²) in [4.78, 5) is 2.38. The number of anilines is 3. The molecule has 0 radical (unpaired) electrons. The van der Waals surface area contributed by atoms with Gasteiger partial charge in [-0.15, -0.1) is 0 Å². The standard InChI is InChI=1S/C54H34N2O/c1-2-13-40(14-3-1)56-50-34-38(26-30-46(50)47-31-25-37-12-5-7-16-45(37)54(47)56)35-23-27-41(28-24-35)55(49-18-10-20-52-53(49)48-17-8-9-19-51(48)57-52)42-29-32-44-39(33-42)22-21-36-11-4-6-15-43(36)44/h1-34H. The first-order valence-corrected chi connectivity index (χ1v) is 19.5. The molecule has 266 valence electrons. The van der Waals surface area contributed by atoms with Crippen LogP contribution in [-0.4, -0.2) is 4.57 Å². The summed E-state index contributed by atoms with van der Waals surface area (Å²) in [5, 5.41) is 12.2. The van der Waals surface area contributed by atoms with Crippen LogP contribution in [0.5, 0.6) is 0 Å². The van der Waals surface area contributed by atoms with E-state index in [2.05, 4.69) is 210 Å². The molecule has 3 nitrogen and oxygen atoms in total. The molecule has 12 rings (SSSR count). The van der Waals surface area contributed by atoms with E-state index in [-0.39, 0.29) is 0 Å². The van der Waals surface area contributed by atoms with Gasteiger partial charge in [-0.2, -0.15) is 0 Å². The predicted octanol–water partition coefficient (Wildman–Crippen LogP) is 15.3. The third kappa shape index (κ3) is 4.92. The first-order valence-electron chi connectivity index (χ1n) is 19.5. The van der Waals surface area contributed by atoms with Gasteiger partial charge in [0.25, 0.3) is 0 Å². The Morgan fingerprint density at radius 3 is 1.84 bits per heavy atom. The highest BCUT2D eigenvalue weighted by Crippen LogP contribution is 2.45. The molecule has 0 aliphatic heterocycles. The van der Waals surface area contributed by atoms with E-state index < -0.39 is 0 Å². The number of benzene rings is 10. The molecule has 0 amide bonds. The summed E-state index contributed by atoms with van der Waals surface area (Å²) >= 11 is 0. The highest BCUT2D eigenvalue weighted by Gasteiger charge is 2.21. The molecule has 3 heteroatoms. The zero-order chi connectivity index (χ0) is 37.5. The van der Waals surface area contributed by atoms with Crippen LogP contribution >= 0.6 is 0 Å². The summed E-state index contributed by atoms with van der Waals surface area (Å²) in [6, 6.07) is 74.6. The second-order valence-corrected chi connectivity index (χ2v) is 14.9. The first kappa shape index (κ1) is 31.7. The fourth-order valence-electron chi connectivity index (χ4n) is 9.12. The second kappa shape index (κ2) is 12.5. The summed E-state index contributed by atoms with van der Waals surface area (Å²) in [5.74, 6) is 0. The van der Waals surface area contributed by atoms with Crippen LogP contribution in [0.2, 0.25) is 0 Å². The molecular formula is C54H34N2O. The zero-order valence-electron chi connectivity index (χ0n) is 30.9. The monoisotopic (exact) mass is 726 g/mol. The third-order valence-corrected chi connectivity index (χ3v) is 11.7. The first-order chi connectivity index (χ1) is 28.3. The number of para-hydroxylation sites is 2. The lowest BCUT2D eigenvalue weighted by atomic mass is 10.00. The largest absolute Gasteiger partial charge is 0.456 e. The van der Waals surface area contributed by atoms with E-state index in [9.17, 15) is 0 Å². The summed E-state index contributed by atoms with van der Waals surface area (Å²) in [5.41, 5.74) is 10.9. The van der Waals surface area contributed by atoms with Crippen LogP contribution in [-0.2, 0) is 0 Å². The van der Waals surface area contributed by atoms with E-state index >= 15 is 0 Å². The van der Waals surface area contributed by atoms with Crippen LogP contribution in [0.3, 0.4) is 0 Å². The molecule has 0 fully saturated rings. The van der Waals surface area contributed by atoms with Gasteiger partial charge in [0.05, 0.1) is 22.1 Å². The van der Waals surface area contributed by atoms with Gasteiger partial charge in [0.1, 0.15) is 11.2 Å². The summed E-state index contributed by atoms with van der Waals surface area (Å²) < 4.78 is 8.84. The molecule has 0 N–H and O–H groups in total. The van der Waals surface area contributed by atoms with Crippen molar-refractivity contribution in [3.8, 4) is 16.8 Å². The maximum Gasteiger partial charge on any atom is 0.137 e. The Bertz CT molecular complexity index is 3520. The van der Waals surface area contributed by atoms with Crippen molar-refractivity contribution in [3.63, 3.8) is 0 Å². The minimum atomic E-state index is 0.872. The molecule has 2 heterocycles. The van der Waals surface area contributed by atoms with Crippen molar-refractivity contribution in [2.24, 2.45) is 0 Å². The molecule has 0 saturated heterocycles. The Morgan fingerprint density at radius 2 is 0.982 bits per heavy atom. The number of fused-ring (bicyclic) bond motifs is 11. The number of aromatic nitrogens is 1. The van der Waals surface area contributed by atoms with Crippen molar-refractivity contribution in [3.05, 3.63) is 206 Å². The van der Waals surface area contributed by atoms with E-state index in [0.29, 0.717) is 0 Å². The number of nitrogens with zero attached hydrogens (tertiary/aromatic N) is 2. The number of furan rings is 1. The fourth-order valence-corrected chi connectivity index (χ4v) is 9.12. The van der Waals surface area contributed by atoms with Crippen molar-refractivity contribution in [2.75, 3.05) is 4.90 Å².